The number of carbonyl (C=O) groups is 1. The molecule has 5 nitrogen and oxygen atoms in total. The monoisotopic (exact) mass is 438 g/mol. The third-order valence-electron chi connectivity index (χ3n) is 4.38. The lowest BCUT2D eigenvalue weighted by atomic mass is 10.1. The minimum absolute atomic E-state index is 0.329. The molecule has 3 aromatic carbocycles. The molecule has 1 amide bonds. The number of anilines is 1. The van der Waals surface area contributed by atoms with E-state index in [1.54, 1.807) is 49.7 Å². The van der Waals surface area contributed by atoms with Gasteiger partial charge in [0.1, 0.15) is 5.75 Å². The molecular formula is C23H16Cl2N2O3. The van der Waals surface area contributed by atoms with Gasteiger partial charge in [-0.05, 0) is 42.5 Å². The number of ether oxygens (including phenoxy) is 1. The number of aromatic nitrogens is 1. The van der Waals surface area contributed by atoms with Gasteiger partial charge in [0.15, 0.2) is 5.76 Å². The maximum Gasteiger partial charge on any atom is 0.256 e. The fraction of sp³-hybridized carbons (Fsp3) is 0.0435. The second-order valence-electron chi connectivity index (χ2n) is 6.42. The van der Waals surface area contributed by atoms with Gasteiger partial charge in [0.25, 0.3) is 5.91 Å². The Morgan fingerprint density at radius 1 is 1.00 bits per heavy atom. The molecule has 4 rings (SSSR count). The topological polar surface area (TPSA) is 64.4 Å². The molecule has 0 aliphatic rings. The lowest BCUT2D eigenvalue weighted by molar-refractivity contribution is 0.102. The van der Waals surface area contributed by atoms with Gasteiger partial charge in [0.05, 0.1) is 18.9 Å². The Morgan fingerprint density at radius 2 is 1.77 bits per heavy atom. The predicted octanol–water partition coefficient (Wildman–Crippen LogP) is 6.58. The van der Waals surface area contributed by atoms with Gasteiger partial charge in [-0.25, -0.2) is 4.98 Å². The highest BCUT2D eigenvalue weighted by molar-refractivity contribution is 6.35. The highest BCUT2D eigenvalue weighted by Gasteiger charge is 2.17. The van der Waals surface area contributed by atoms with Crippen LogP contribution in [-0.4, -0.2) is 18.0 Å². The van der Waals surface area contributed by atoms with Crippen LogP contribution in [0.15, 0.2) is 77.3 Å². The van der Waals surface area contributed by atoms with Crippen molar-refractivity contribution in [2.45, 2.75) is 0 Å². The van der Waals surface area contributed by atoms with E-state index >= 15 is 0 Å². The van der Waals surface area contributed by atoms with E-state index in [-0.39, 0.29) is 5.91 Å². The first-order chi connectivity index (χ1) is 14.5. The molecule has 1 N–H and O–H groups in total. The van der Waals surface area contributed by atoms with Gasteiger partial charge < -0.3 is 14.5 Å². The minimum atomic E-state index is -0.329. The number of rotatable bonds is 5. The van der Waals surface area contributed by atoms with Gasteiger partial charge in [-0.3, -0.25) is 4.79 Å². The molecule has 1 aromatic heterocycles. The number of amides is 1. The molecule has 0 fully saturated rings. The number of oxazole rings is 1. The van der Waals surface area contributed by atoms with Gasteiger partial charge in [0.2, 0.25) is 5.89 Å². The predicted molar refractivity (Wildman–Crippen MR) is 118 cm³/mol. The average molecular weight is 439 g/mol. The van der Waals surface area contributed by atoms with Gasteiger partial charge in [-0.2, -0.15) is 0 Å². The number of nitrogens with one attached hydrogen (secondary N) is 1. The molecule has 150 valence electrons. The van der Waals surface area contributed by atoms with Crippen molar-refractivity contribution in [2.24, 2.45) is 0 Å². The molecule has 0 saturated heterocycles. The molecule has 0 atom stereocenters. The number of benzene rings is 3. The number of halogens is 2. The first-order valence-corrected chi connectivity index (χ1v) is 9.76. The summed E-state index contributed by atoms with van der Waals surface area (Å²) in [5.41, 5.74) is 2.30. The Balaban J connectivity index is 1.65. The fourth-order valence-electron chi connectivity index (χ4n) is 3.00. The Labute approximate surface area is 183 Å². The number of nitrogens with zero attached hydrogens (tertiary/aromatic N) is 1. The molecule has 0 aliphatic carbocycles. The molecule has 4 aromatic rings. The second kappa shape index (κ2) is 8.61. The van der Waals surface area contributed by atoms with E-state index in [0.717, 1.165) is 5.56 Å². The molecule has 0 aliphatic heterocycles. The van der Waals surface area contributed by atoms with Crippen molar-refractivity contribution in [3.63, 3.8) is 0 Å². The molecule has 0 unspecified atom stereocenters. The molecule has 0 radical (unpaired) electrons. The zero-order chi connectivity index (χ0) is 21.1. The van der Waals surface area contributed by atoms with Crippen LogP contribution in [0.4, 0.5) is 5.69 Å². The lowest BCUT2D eigenvalue weighted by Crippen LogP contribution is -2.13. The Hall–Kier alpha value is -3.28. The number of methoxy groups -OCH3 is 1. The number of hydrogen-bond donors (Lipinski definition) is 1. The van der Waals surface area contributed by atoms with Crippen LogP contribution in [-0.2, 0) is 0 Å². The van der Waals surface area contributed by atoms with Crippen LogP contribution >= 0.6 is 23.2 Å². The molecule has 0 saturated carbocycles. The smallest absolute Gasteiger partial charge is 0.256 e. The summed E-state index contributed by atoms with van der Waals surface area (Å²) in [6.07, 6.45) is 1.62. The third kappa shape index (κ3) is 4.32. The van der Waals surface area contributed by atoms with Crippen LogP contribution in [0.3, 0.4) is 0 Å². The molecule has 30 heavy (non-hydrogen) atoms. The van der Waals surface area contributed by atoms with Crippen molar-refractivity contribution < 1.29 is 13.9 Å². The standard InChI is InChI=1S/C23H16Cl2N2O3/c1-29-18-6-4-5-14(9-18)21-13-26-23(30-21)20-8-3-2-7-19(20)22(28)27-17-11-15(24)10-16(25)12-17/h2-13H,1H3,(H,27,28). The van der Waals surface area contributed by atoms with Crippen LogP contribution in [0.2, 0.25) is 10.0 Å². The summed E-state index contributed by atoms with van der Waals surface area (Å²) in [6.45, 7) is 0. The molecule has 0 spiro atoms. The maximum absolute atomic E-state index is 12.9. The summed E-state index contributed by atoms with van der Waals surface area (Å²) in [5, 5.41) is 3.67. The zero-order valence-electron chi connectivity index (χ0n) is 15.9. The minimum Gasteiger partial charge on any atom is -0.497 e. The Morgan fingerprint density at radius 3 is 2.53 bits per heavy atom. The largest absolute Gasteiger partial charge is 0.497 e. The second-order valence-corrected chi connectivity index (χ2v) is 7.29. The first-order valence-electron chi connectivity index (χ1n) is 9.00. The highest BCUT2D eigenvalue weighted by atomic mass is 35.5. The van der Waals surface area contributed by atoms with Crippen molar-refractivity contribution >= 4 is 34.8 Å². The normalized spacial score (nSPS) is 10.6. The van der Waals surface area contributed by atoms with Crippen LogP contribution in [0.25, 0.3) is 22.8 Å². The molecular weight excluding hydrogens is 423 g/mol. The van der Waals surface area contributed by atoms with Crippen LogP contribution < -0.4 is 10.1 Å². The average Bonchev–Trinajstić information content (AvgIpc) is 3.23. The highest BCUT2D eigenvalue weighted by Crippen LogP contribution is 2.30. The van der Waals surface area contributed by atoms with E-state index < -0.39 is 0 Å². The van der Waals surface area contributed by atoms with E-state index in [1.165, 1.54) is 0 Å². The van der Waals surface area contributed by atoms with E-state index in [0.29, 0.717) is 44.3 Å². The Bertz CT molecular complexity index is 1200. The number of hydrogen-bond acceptors (Lipinski definition) is 4. The van der Waals surface area contributed by atoms with Crippen molar-refractivity contribution in [3.05, 3.63) is 88.5 Å². The number of carbonyl (C=O) groups excluding carboxylic acids is 1. The van der Waals surface area contributed by atoms with E-state index in [4.69, 9.17) is 32.4 Å². The summed E-state index contributed by atoms with van der Waals surface area (Å²) in [5.74, 6) is 1.29. The maximum atomic E-state index is 12.9. The summed E-state index contributed by atoms with van der Waals surface area (Å²) < 4.78 is 11.2. The van der Waals surface area contributed by atoms with Crippen LogP contribution in [0.5, 0.6) is 5.75 Å². The van der Waals surface area contributed by atoms with Crippen molar-refractivity contribution in [3.8, 4) is 28.5 Å². The summed E-state index contributed by atoms with van der Waals surface area (Å²) >= 11 is 12.0. The van der Waals surface area contributed by atoms with Gasteiger partial charge in [-0.1, -0.05) is 47.5 Å². The van der Waals surface area contributed by atoms with Gasteiger partial charge in [-0.15, -0.1) is 0 Å². The molecule has 7 heteroatoms. The van der Waals surface area contributed by atoms with Crippen LogP contribution in [0, 0.1) is 0 Å². The fourth-order valence-corrected chi connectivity index (χ4v) is 3.53. The van der Waals surface area contributed by atoms with Crippen molar-refractivity contribution in [2.75, 3.05) is 12.4 Å². The van der Waals surface area contributed by atoms with Gasteiger partial charge in [0, 0.05) is 26.9 Å². The van der Waals surface area contributed by atoms with E-state index in [2.05, 4.69) is 10.3 Å². The SMILES string of the molecule is COc1cccc(-c2cnc(-c3ccccc3C(=O)Nc3cc(Cl)cc(Cl)c3)o2)c1. The molecule has 0 bridgehead atoms. The summed E-state index contributed by atoms with van der Waals surface area (Å²) in [6, 6.07) is 19.4. The van der Waals surface area contributed by atoms with Crippen molar-refractivity contribution in [1.82, 2.24) is 4.98 Å². The quantitative estimate of drug-likeness (QED) is 0.382. The Kier molecular flexibility index (Phi) is 5.74. The summed E-state index contributed by atoms with van der Waals surface area (Å²) in [7, 11) is 1.60. The third-order valence-corrected chi connectivity index (χ3v) is 4.82. The molecule has 1 heterocycles. The first kappa shape index (κ1) is 20.0. The summed E-state index contributed by atoms with van der Waals surface area (Å²) in [4.78, 5) is 17.3. The van der Waals surface area contributed by atoms with E-state index in [1.807, 2.05) is 30.3 Å². The van der Waals surface area contributed by atoms with E-state index in [9.17, 15) is 4.79 Å². The van der Waals surface area contributed by atoms with Crippen LogP contribution in [0.1, 0.15) is 10.4 Å². The zero-order valence-corrected chi connectivity index (χ0v) is 17.4. The van der Waals surface area contributed by atoms with Crippen molar-refractivity contribution in [1.29, 1.82) is 0 Å². The van der Waals surface area contributed by atoms with Gasteiger partial charge >= 0.3 is 0 Å². The lowest BCUT2D eigenvalue weighted by Gasteiger charge is -2.09.